The number of likely N-dealkylation sites (tertiary alicyclic amines) is 1. The van der Waals surface area contributed by atoms with Crippen LogP contribution >= 0.6 is 0 Å². The van der Waals surface area contributed by atoms with E-state index in [0.29, 0.717) is 13.0 Å². The molecule has 1 aromatic rings. The van der Waals surface area contributed by atoms with Gasteiger partial charge >= 0.3 is 6.03 Å². The molecule has 2 rings (SSSR count). The number of benzene rings is 1. The predicted octanol–water partition coefficient (Wildman–Crippen LogP) is 2.92. The summed E-state index contributed by atoms with van der Waals surface area (Å²) in [4.78, 5) is 14.7. The highest BCUT2D eigenvalue weighted by molar-refractivity contribution is 5.74. The molecule has 0 aromatic heterocycles. The molecule has 5 heteroatoms. The quantitative estimate of drug-likeness (QED) is 0.677. The number of carbonyl (C=O) groups is 1. The van der Waals surface area contributed by atoms with Gasteiger partial charge in [-0.2, -0.15) is 0 Å². The molecule has 5 nitrogen and oxygen atoms in total. The van der Waals surface area contributed by atoms with Crippen LogP contribution in [0.2, 0.25) is 0 Å². The van der Waals surface area contributed by atoms with Crippen LogP contribution in [0.25, 0.3) is 0 Å². The Hall–Kier alpha value is -1.59. The minimum Gasteiger partial charge on any atom is -0.396 e. The van der Waals surface area contributed by atoms with E-state index in [1.54, 1.807) is 0 Å². The molecule has 3 N–H and O–H groups in total. The van der Waals surface area contributed by atoms with Gasteiger partial charge in [0.1, 0.15) is 0 Å². The normalized spacial score (nSPS) is 18.5. The molecule has 1 aliphatic rings. The molecular formula is C20H33N3O2. The first kappa shape index (κ1) is 19.7. The monoisotopic (exact) mass is 347 g/mol. The lowest BCUT2D eigenvalue weighted by Gasteiger charge is -2.37. The molecule has 140 valence electrons. The summed E-state index contributed by atoms with van der Waals surface area (Å²) >= 11 is 0. The molecule has 2 amide bonds. The van der Waals surface area contributed by atoms with Crippen molar-refractivity contribution in [3.8, 4) is 0 Å². The van der Waals surface area contributed by atoms with Gasteiger partial charge in [-0.05, 0) is 57.2 Å². The van der Waals surface area contributed by atoms with Gasteiger partial charge in [-0.25, -0.2) is 4.79 Å². The van der Waals surface area contributed by atoms with Crippen molar-refractivity contribution in [3.63, 3.8) is 0 Å². The predicted molar refractivity (Wildman–Crippen MR) is 101 cm³/mol. The number of rotatable bonds is 8. The van der Waals surface area contributed by atoms with E-state index in [1.165, 1.54) is 18.4 Å². The van der Waals surface area contributed by atoms with E-state index in [4.69, 9.17) is 5.11 Å². The molecule has 0 saturated carbocycles. The van der Waals surface area contributed by atoms with Crippen molar-refractivity contribution in [3.05, 3.63) is 35.9 Å². The summed E-state index contributed by atoms with van der Waals surface area (Å²) < 4.78 is 0. The van der Waals surface area contributed by atoms with Gasteiger partial charge < -0.3 is 15.7 Å². The number of nitrogens with one attached hydrogen (secondary N) is 2. The number of hydrogen-bond acceptors (Lipinski definition) is 3. The Morgan fingerprint density at radius 3 is 2.60 bits per heavy atom. The van der Waals surface area contributed by atoms with E-state index in [-0.39, 0.29) is 24.7 Å². The largest absolute Gasteiger partial charge is 0.396 e. The summed E-state index contributed by atoms with van der Waals surface area (Å²) in [6.07, 6.45) is 3.93. The Bertz CT molecular complexity index is 501. The highest BCUT2D eigenvalue weighted by atomic mass is 16.3. The molecular weight excluding hydrogens is 314 g/mol. The maximum absolute atomic E-state index is 12.2. The zero-order valence-electron chi connectivity index (χ0n) is 15.6. The summed E-state index contributed by atoms with van der Waals surface area (Å²) in [5.74, 6) is 0.788. The third kappa shape index (κ3) is 6.67. The first-order valence-corrected chi connectivity index (χ1v) is 9.54. The minimum absolute atomic E-state index is 0.0677. The number of hydrogen-bond donors (Lipinski definition) is 3. The van der Waals surface area contributed by atoms with Gasteiger partial charge in [-0.15, -0.1) is 0 Å². The fraction of sp³-hybridized carbons (Fsp3) is 0.650. The SMILES string of the molecule is CC1CCN(C(CNC(=O)NC(C)CCCO)c2ccccc2)CC1. The number of aliphatic hydroxyl groups is 1. The minimum atomic E-state index is -0.128. The summed E-state index contributed by atoms with van der Waals surface area (Å²) in [6.45, 7) is 7.21. The van der Waals surface area contributed by atoms with Crippen LogP contribution in [0.15, 0.2) is 30.3 Å². The van der Waals surface area contributed by atoms with Crippen LogP contribution in [0.4, 0.5) is 4.79 Å². The fourth-order valence-electron chi connectivity index (χ4n) is 3.41. The second kappa shape index (κ2) is 10.4. The molecule has 1 saturated heterocycles. The van der Waals surface area contributed by atoms with E-state index < -0.39 is 0 Å². The lowest BCUT2D eigenvalue weighted by Crippen LogP contribution is -2.46. The second-order valence-electron chi connectivity index (χ2n) is 7.27. The van der Waals surface area contributed by atoms with Crippen LogP contribution in [0.5, 0.6) is 0 Å². The molecule has 0 radical (unpaired) electrons. The molecule has 1 aliphatic heterocycles. The number of aliphatic hydroxyl groups excluding tert-OH is 1. The summed E-state index contributed by atoms with van der Waals surface area (Å²) in [5.41, 5.74) is 1.26. The number of piperidine rings is 1. The molecule has 1 fully saturated rings. The molecule has 2 atom stereocenters. The van der Waals surface area contributed by atoms with Crippen LogP contribution in [-0.4, -0.2) is 48.3 Å². The fourth-order valence-corrected chi connectivity index (χ4v) is 3.41. The van der Waals surface area contributed by atoms with Crippen molar-refractivity contribution < 1.29 is 9.90 Å². The first-order valence-electron chi connectivity index (χ1n) is 9.54. The zero-order valence-corrected chi connectivity index (χ0v) is 15.6. The van der Waals surface area contributed by atoms with Crippen molar-refractivity contribution in [2.45, 2.75) is 51.6 Å². The Kier molecular flexibility index (Phi) is 8.22. The second-order valence-corrected chi connectivity index (χ2v) is 7.27. The van der Waals surface area contributed by atoms with Crippen LogP contribution < -0.4 is 10.6 Å². The molecule has 2 unspecified atom stereocenters. The number of nitrogens with zero attached hydrogens (tertiary/aromatic N) is 1. The number of carbonyl (C=O) groups excluding carboxylic acids is 1. The molecule has 25 heavy (non-hydrogen) atoms. The average molecular weight is 348 g/mol. The average Bonchev–Trinajstić information content (AvgIpc) is 2.62. The first-order chi connectivity index (χ1) is 12.1. The lowest BCUT2D eigenvalue weighted by molar-refractivity contribution is 0.136. The molecule has 0 bridgehead atoms. The van der Waals surface area contributed by atoms with E-state index in [9.17, 15) is 4.79 Å². The maximum atomic E-state index is 12.2. The van der Waals surface area contributed by atoms with Crippen molar-refractivity contribution in [1.82, 2.24) is 15.5 Å². The standard InChI is InChI=1S/C20H33N3O2/c1-16-10-12-23(13-11-16)19(18-8-4-3-5-9-18)15-21-20(25)22-17(2)7-6-14-24/h3-5,8-9,16-17,19,24H,6-7,10-15H2,1-2H3,(H2,21,22,25). The van der Waals surface area contributed by atoms with Gasteiger partial charge in [-0.1, -0.05) is 37.3 Å². The number of amides is 2. The van der Waals surface area contributed by atoms with Gasteiger partial charge in [-0.3, -0.25) is 4.90 Å². The topological polar surface area (TPSA) is 64.6 Å². The highest BCUT2D eigenvalue weighted by Gasteiger charge is 2.25. The van der Waals surface area contributed by atoms with Gasteiger partial charge in [0.25, 0.3) is 0 Å². The number of urea groups is 1. The maximum Gasteiger partial charge on any atom is 0.315 e. The Labute approximate surface area is 151 Å². The Morgan fingerprint density at radius 1 is 1.28 bits per heavy atom. The van der Waals surface area contributed by atoms with Crippen molar-refractivity contribution in [2.24, 2.45) is 5.92 Å². The Morgan fingerprint density at radius 2 is 1.96 bits per heavy atom. The molecule has 0 aliphatic carbocycles. The Balaban J connectivity index is 1.91. The van der Waals surface area contributed by atoms with Crippen molar-refractivity contribution in [2.75, 3.05) is 26.2 Å². The summed E-state index contributed by atoms with van der Waals surface area (Å²) in [5, 5.41) is 14.9. The van der Waals surface area contributed by atoms with E-state index in [0.717, 1.165) is 25.4 Å². The summed E-state index contributed by atoms with van der Waals surface area (Å²) in [7, 11) is 0. The van der Waals surface area contributed by atoms with Gasteiger partial charge in [0.2, 0.25) is 0 Å². The third-order valence-electron chi connectivity index (χ3n) is 5.07. The van der Waals surface area contributed by atoms with Gasteiger partial charge in [0, 0.05) is 19.2 Å². The summed E-state index contributed by atoms with van der Waals surface area (Å²) in [6, 6.07) is 10.6. The van der Waals surface area contributed by atoms with Crippen LogP contribution in [-0.2, 0) is 0 Å². The smallest absolute Gasteiger partial charge is 0.315 e. The lowest BCUT2D eigenvalue weighted by atomic mass is 9.95. The molecule has 0 spiro atoms. The van der Waals surface area contributed by atoms with Crippen molar-refractivity contribution >= 4 is 6.03 Å². The molecule has 1 heterocycles. The van der Waals surface area contributed by atoms with E-state index in [2.05, 4.69) is 46.7 Å². The van der Waals surface area contributed by atoms with Crippen LogP contribution in [0.3, 0.4) is 0 Å². The van der Waals surface area contributed by atoms with Gasteiger partial charge in [0.15, 0.2) is 0 Å². The van der Waals surface area contributed by atoms with E-state index in [1.807, 2.05) is 13.0 Å². The third-order valence-corrected chi connectivity index (χ3v) is 5.07. The zero-order chi connectivity index (χ0) is 18.1. The molecule has 1 aromatic carbocycles. The van der Waals surface area contributed by atoms with Gasteiger partial charge in [0.05, 0.1) is 6.04 Å². The van der Waals surface area contributed by atoms with E-state index >= 15 is 0 Å². The van der Waals surface area contributed by atoms with Crippen LogP contribution in [0.1, 0.15) is 51.1 Å². The van der Waals surface area contributed by atoms with Crippen LogP contribution in [0, 0.1) is 5.92 Å². The highest BCUT2D eigenvalue weighted by Crippen LogP contribution is 2.26. The van der Waals surface area contributed by atoms with Crippen molar-refractivity contribution in [1.29, 1.82) is 0 Å².